The van der Waals surface area contributed by atoms with E-state index < -0.39 is 11.8 Å². The van der Waals surface area contributed by atoms with Crippen LogP contribution in [-0.4, -0.2) is 11.0 Å². The summed E-state index contributed by atoms with van der Waals surface area (Å²) in [6, 6.07) is 16.3. The Morgan fingerprint density at radius 1 is 1.14 bits per heavy atom. The lowest BCUT2D eigenvalue weighted by Gasteiger charge is -2.07. The van der Waals surface area contributed by atoms with Gasteiger partial charge in [-0.15, -0.1) is 0 Å². The first-order valence-corrected chi connectivity index (χ1v) is 9.08. The van der Waals surface area contributed by atoms with E-state index in [1.54, 1.807) is 30.3 Å². The molecule has 3 aromatic rings. The molecule has 0 saturated carbocycles. The van der Waals surface area contributed by atoms with E-state index in [1.807, 2.05) is 12.3 Å². The molecule has 1 heterocycles. The van der Waals surface area contributed by atoms with Crippen LogP contribution >= 0.6 is 0 Å². The maximum atomic E-state index is 13.6. The summed E-state index contributed by atoms with van der Waals surface area (Å²) >= 11 is 0. The molecular weight excluding hydrogens is 355 g/mol. The van der Waals surface area contributed by atoms with Crippen molar-refractivity contribution in [3.8, 4) is 23.1 Å². The summed E-state index contributed by atoms with van der Waals surface area (Å²) in [5, 5.41) is 8.74. The van der Waals surface area contributed by atoms with Crippen LogP contribution in [0.25, 0.3) is 11.3 Å². The maximum Gasteiger partial charge on any atom is 0.343 e. The molecule has 1 aromatic heterocycles. The minimum Gasteiger partial charge on any atom is -0.423 e. The number of hydrogen-bond donors (Lipinski definition) is 0. The number of benzene rings is 2. The molecule has 0 aliphatic rings. The highest BCUT2D eigenvalue weighted by Gasteiger charge is 2.11. The number of carbonyl (C=O) groups is 1. The van der Waals surface area contributed by atoms with Gasteiger partial charge in [0.25, 0.3) is 0 Å². The Kier molecular flexibility index (Phi) is 6.13. The van der Waals surface area contributed by atoms with Crippen molar-refractivity contribution in [2.24, 2.45) is 0 Å². The number of pyridine rings is 1. The third-order valence-corrected chi connectivity index (χ3v) is 4.33. The van der Waals surface area contributed by atoms with Gasteiger partial charge < -0.3 is 4.74 Å². The monoisotopic (exact) mass is 374 g/mol. The number of aryl methyl sites for hydroxylation is 1. The first-order chi connectivity index (χ1) is 13.6. The van der Waals surface area contributed by atoms with E-state index in [0.29, 0.717) is 5.56 Å². The van der Waals surface area contributed by atoms with Crippen molar-refractivity contribution in [3.05, 3.63) is 83.3 Å². The second kappa shape index (κ2) is 8.92. The van der Waals surface area contributed by atoms with Crippen molar-refractivity contribution in [2.75, 3.05) is 0 Å². The average molecular weight is 374 g/mol. The largest absolute Gasteiger partial charge is 0.423 e. The first kappa shape index (κ1) is 19.2. The zero-order chi connectivity index (χ0) is 19.9. The van der Waals surface area contributed by atoms with Gasteiger partial charge in [0.2, 0.25) is 0 Å². The number of aromatic nitrogens is 1. The number of unbranched alkanes of at least 4 members (excludes halogenated alkanes) is 1. The van der Waals surface area contributed by atoms with Gasteiger partial charge in [0, 0.05) is 17.8 Å². The zero-order valence-corrected chi connectivity index (χ0v) is 15.5. The number of carbonyl (C=O) groups excluding carboxylic acids is 1. The van der Waals surface area contributed by atoms with Crippen LogP contribution in [0.5, 0.6) is 5.75 Å². The van der Waals surface area contributed by atoms with Crippen molar-refractivity contribution in [3.63, 3.8) is 0 Å². The van der Waals surface area contributed by atoms with E-state index >= 15 is 0 Å². The second-order valence-electron chi connectivity index (χ2n) is 6.38. The predicted molar refractivity (Wildman–Crippen MR) is 104 cm³/mol. The summed E-state index contributed by atoms with van der Waals surface area (Å²) in [4.78, 5) is 16.7. The van der Waals surface area contributed by atoms with Gasteiger partial charge in [-0.25, -0.2) is 9.18 Å². The number of nitrogens with zero attached hydrogens (tertiary/aromatic N) is 2. The Balaban J connectivity index is 1.69. The Morgan fingerprint density at radius 3 is 2.54 bits per heavy atom. The second-order valence-corrected chi connectivity index (χ2v) is 6.38. The van der Waals surface area contributed by atoms with Gasteiger partial charge >= 0.3 is 5.97 Å². The Labute approximate surface area is 163 Å². The van der Waals surface area contributed by atoms with E-state index in [-0.39, 0.29) is 11.3 Å². The molecule has 0 saturated heterocycles. The molecule has 2 aromatic carbocycles. The number of esters is 1. The Bertz CT molecular complexity index is 1010. The maximum absolute atomic E-state index is 13.6. The lowest BCUT2D eigenvalue weighted by molar-refractivity contribution is 0.0734. The molecule has 0 unspecified atom stereocenters. The van der Waals surface area contributed by atoms with Gasteiger partial charge in [0.05, 0.1) is 16.8 Å². The number of nitriles is 1. The number of halogens is 1. The van der Waals surface area contributed by atoms with Gasteiger partial charge in [-0.2, -0.15) is 5.26 Å². The number of hydrogen-bond acceptors (Lipinski definition) is 4. The summed E-state index contributed by atoms with van der Waals surface area (Å²) in [5.41, 5.74) is 3.17. The molecule has 3 rings (SSSR count). The van der Waals surface area contributed by atoms with Crippen LogP contribution in [0.15, 0.2) is 60.8 Å². The molecule has 140 valence electrons. The van der Waals surface area contributed by atoms with Gasteiger partial charge in [0.15, 0.2) is 0 Å². The first-order valence-electron chi connectivity index (χ1n) is 9.08. The lowest BCUT2D eigenvalue weighted by atomic mass is 10.1. The molecule has 0 fully saturated rings. The third kappa shape index (κ3) is 4.60. The molecular formula is C23H19FN2O2. The third-order valence-electron chi connectivity index (χ3n) is 4.33. The predicted octanol–water partition coefficient (Wildman–Crippen LogP) is 5.32. The van der Waals surface area contributed by atoms with Crippen LogP contribution in [0.3, 0.4) is 0 Å². The highest BCUT2D eigenvalue weighted by atomic mass is 19.1. The fourth-order valence-electron chi connectivity index (χ4n) is 2.72. The van der Waals surface area contributed by atoms with Crippen molar-refractivity contribution in [1.82, 2.24) is 4.98 Å². The summed E-state index contributed by atoms with van der Waals surface area (Å²) < 4.78 is 18.8. The fraction of sp³-hybridized carbons (Fsp3) is 0.174. The van der Waals surface area contributed by atoms with E-state index in [9.17, 15) is 9.18 Å². The van der Waals surface area contributed by atoms with Crippen LogP contribution in [0.1, 0.15) is 41.3 Å². The summed E-state index contributed by atoms with van der Waals surface area (Å²) in [6.45, 7) is 2.16. The van der Waals surface area contributed by atoms with Crippen LogP contribution in [-0.2, 0) is 6.42 Å². The van der Waals surface area contributed by atoms with E-state index in [0.717, 1.165) is 36.6 Å². The minimum absolute atomic E-state index is 0.0508. The van der Waals surface area contributed by atoms with Crippen LogP contribution in [0, 0.1) is 17.1 Å². The van der Waals surface area contributed by atoms with Gasteiger partial charge in [-0.05, 0) is 48.7 Å². The summed E-state index contributed by atoms with van der Waals surface area (Å²) in [7, 11) is 0. The molecule has 0 amide bonds. The smallest absolute Gasteiger partial charge is 0.343 e. The van der Waals surface area contributed by atoms with Gasteiger partial charge in [-0.3, -0.25) is 4.98 Å². The fourth-order valence-corrected chi connectivity index (χ4v) is 2.72. The molecule has 0 aliphatic heterocycles. The van der Waals surface area contributed by atoms with Crippen molar-refractivity contribution in [1.29, 1.82) is 5.26 Å². The zero-order valence-electron chi connectivity index (χ0n) is 15.5. The minimum atomic E-state index is -0.725. The molecule has 5 heteroatoms. The molecule has 28 heavy (non-hydrogen) atoms. The topological polar surface area (TPSA) is 63.0 Å². The SMILES string of the molecule is CCCCc1ccc(-c2ccc(C(=O)Oc3ccc(C#N)c(F)c3)cc2)nc1. The number of ether oxygens (including phenoxy) is 1. The van der Waals surface area contributed by atoms with E-state index in [2.05, 4.69) is 18.0 Å². The summed E-state index contributed by atoms with van der Waals surface area (Å²) in [6.07, 6.45) is 5.19. The molecule has 0 bridgehead atoms. The molecule has 0 atom stereocenters. The molecule has 0 spiro atoms. The van der Waals surface area contributed by atoms with Crippen molar-refractivity contribution in [2.45, 2.75) is 26.2 Å². The van der Waals surface area contributed by atoms with Crippen LogP contribution in [0.2, 0.25) is 0 Å². The summed E-state index contributed by atoms with van der Waals surface area (Å²) in [5.74, 6) is -1.27. The van der Waals surface area contributed by atoms with Gasteiger partial charge in [0.1, 0.15) is 17.6 Å². The standard InChI is InChI=1S/C23H19FN2O2/c1-2-3-4-16-5-12-22(26-15-16)17-6-8-18(9-7-17)23(27)28-20-11-10-19(14-25)21(24)13-20/h5-13,15H,2-4H2,1H3. The van der Waals surface area contributed by atoms with E-state index in [4.69, 9.17) is 10.00 Å². The molecule has 0 N–H and O–H groups in total. The lowest BCUT2D eigenvalue weighted by Crippen LogP contribution is -2.08. The molecule has 0 aliphatic carbocycles. The Hall–Kier alpha value is -3.52. The van der Waals surface area contributed by atoms with Crippen LogP contribution < -0.4 is 4.74 Å². The normalized spacial score (nSPS) is 10.3. The van der Waals surface area contributed by atoms with Crippen molar-refractivity contribution < 1.29 is 13.9 Å². The number of rotatable bonds is 6. The van der Waals surface area contributed by atoms with Gasteiger partial charge in [-0.1, -0.05) is 31.5 Å². The molecule has 4 nitrogen and oxygen atoms in total. The van der Waals surface area contributed by atoms with Crippen molar-refractivity contribution >= 4 is 5.97 Å². The molecule has 0 radical (unpaired) electrons. The highest BCUT2D eigenvalue weighted by Crippen LogP contribution is 2.21. The van der Waals surface area contributed by atoms with E-state index in [1.165, 1.54) is 17.7 Å². The highest BCUT2D eigenvalue weighted by molar-refractivity contribution is 5.91. The average Bonchev–Trinajstić information content (AvgIpc) is 2.73. The quantitative estimate of drug-likeness (QED) is 0.433. The Morgan fingerprint density at radius 2 is 1.93 bits per heavy atom. The van der Waals surface area contributed by atoms with Crippen LogP contribution in [0.4, 0.5) is 4.39 Å².